The molecule has 108 valence electrons. The molecule has 20 heavy (non-hydrogen) atoms. The minimum atomic E-state index is -0.527. The van der Waals surface area contributed by atoms with E-state index in [4.69, 9.17) is 5.21 Å². The largest absolute Gasteiger partial charge is 0.368 e. The van der Waals surface area contributed by atoms with E-state index >= 15 is 0 Å². The zero-order valence-electron chi connectivity index (χ0n) is 11.3. The number of nitrogens with zero attached hydrogens (tertiary/aromatic N) is 2. The van der Waals surface area contributed by atoms with E-state index in [2.05, 4.69) is 17.0 Å². The van der Waals surface area contributed by atoms with Crippen LogP contribution in [0, 0.1) is 0 Å². The Morgan fingerprint density at radius 1 is 1.05 bits per heavy atom. The third kappa shape index (κ3) is 3.71. The van der Waals surface area contributed by atoms with Gasteiger partial charge in [-0.3, -0.25) is 14.8 Å². The number of rotatable bonds is 4. The van der Waals surface area contributed by atoms with E-state index in [0.29, 0.717) is 13.1 Å². The second kappa shape index (κ2) is 6.91. The standard InChI is InChI=1S/C14H19N3O3/c18-13(15-20)6-7-14(19)17-10-8-16(9-11-17)12-4-2-1-3-5-12/h1-5,20H,6-11H2,(H,15,18). The highest BCUT2D eigenvalue weighted by Gasteiger charge is 2.21. The Morgan fingerprint density at radius 2 is 1.70 bits per heavy atom. The van der Waals surface area contributed by atoms with E-state index in [-0.39, 0.29) is 18.7 Å². The zero-order valence-corrected chi connectivity index (χ0v) is 11.3. The molecule has 0 spiro atoms. The molecule has 1 aromatic carbocycles. The first-order valence-electron chi connectivity index (χ1n) is 6.71. The monoisotopic (exact) mass is 277 g/mol. The first-order chi connectivity index (χ1) is 9.70. The van der Waals surface area contributed by atoms with Crippen molar-refractivity contribution in [1.82, 2.24) is 10.4 Å². The van der Waals surface area contributed by atoms with E-state index in [1.54, 1.807) is 4.90 Å². The minimum Gasteiger partial charge on any atom is -0.368 e. The number of carbonyl (C=O) groups is 2. The lowest BCUT2D eigenvalue weighted by Gasteiger charge is -2.36. The number of para-hydroxylation sites is 1. The Morgan fingerprint density at radius 3 is 2.30 bits per heavy atom. The maximum Gasteiger partial charge on any atom is 0.243 e. The number of hydrogen-bond acceptors (Lipinski definition) is 4. The van der Waals surface area contributed by atoms with Crippen molar-refractivity contribution in [3.63, 3.8) is 0 Å². The van der Waals surface area contributed by atoms with Gasteiger partial charge in [0.15, 0.2) is 0 Å². The number of nitrogens with one attached hydrogen (secondary N) is 1. The summed E-state index contributed by atoms with van der Waals surface area (Å²) in [5, 5.41) is 8.39. The third-order valence-electron chi connectivity index (χ3n) is 3.44. The predicted octanol–water partition coefficient (Wildman–Crippen LogP) is 0.621. The normalized spacial score (nSPS) is 15.1. The lowest BCUT2D eigenvalue weighted by atomic mass is 10.2. The van der Waals surface area contributed by atoms with E-state index < -0.39 is 5.91 Å². The number of anilines is 1. The van der Waals surface area contributed by atoms with Crippen molar-refractivity contribution in [3.05, 3.63) is 30.3 Å². The maximum atomic E-state index is 11.9. The number of hydroxylamine groups is 1. The molecule has 2 N–H and O–H groups in total. The molecular weight excluding hydrogens is 258 g/mol. The van der Waals surface area contributed by atoms with Gasteiger partial charge in [-0.1, -0.05) is 18.2 Å². The molecule has 1 fully saturated rings. The number of amides is 2. The molecule has 0 aromatic heterocycles. The summed E-state index contributed by atoms with van der Waals surface area (Å²) < 4.78 is 0. The topological polar surface area (TPSA) is 72.9 Å². The third-order valence-corrected chi connectivity index (χ3v) is 3.44. The van der Waals surface area contributed by atoms with E-state index in [1.165, 1.54) is 11.2 Å². The van der Waals surface area contributed by atoms with Crippen LogP contribution in [0.15, 0.2) is 30.3 Å². The van der Waals surface area contributed by atoms with Gasteiger partial charge in [0.25, 0.3) is 0 Å². The highest BCUT2D eigenvalue weighted by atomic mass is 16.5. The van der Waals surface area contributed by atoms with Crippen LogP contribution in [0.2, 0.25) is 0 Å². The lowest BCUT2D eigenvalue weighted by Crippen LogP contribution is -2.48. The van der Waals surface area contributed by atoms with Crippen molar-refractivity contribution in [3.8, 4) is 0 Å². The summed E-state index contributed by atoms with van der Waals surface area (Å²) in [6, 6.07) is 10.1. The average molecular weight is 277 g/mol. The van der Waals surface area contributed by atoms with Crippen molar-refractivity contribution in [2.75, 3.05) is 31.1 Å². The molecule has 6 heteroatoms. The molecule has 0 aliphatic carbocycles. The van der Waals surface area contributed by atoms with Crippen molar-refractivity contribution >= 4 is 17.5 Å². The van der Waals surface area contributed by atoms with Crippen molar-refractivity contribution in [2.24, 2.45) is 0 Å². The van der Waals surface area contributed by atoms with Crippen molar-refractivity contribution < 1.29 is 14.8 Å². The molecule has 1 aromatic rings. The molecule has 6 nitrogen and oxygen atoms in total. The van der Waals surface area contributed by atoms with Crippen LogP contribution in [0.5, 0.6) is 0 Å². The van der Waals surface area contributed by atoms with Crippen LogP contribution in [0.3, 0.4) is 0 Å². The summed E-state index contributed by atoms with van der Waals surface area (Å²) in [6.07, 6.45) is 0.159. The number of piperazine rings is 1. The number of hydrogen-bond donors (Lipinski definition) is 2. The van der Waals surface area contributed by atoms with E-state index in [9.17, 15) is 9.59 Å². The number of benzene rings is 1. The van der Waals surface area contributed by atoms with Crippen molar-refractivity contribution in [1.29, 1.82) is 0 Å². The van der Waals surface area contributed by atoms with Gasteiger partial charge in [-0.05, 0) is 12.1 Å². The second-order valence-electron chi connectivity index (χ2n) is 4.74. The molecule has 2 amide bonds. The first-order valence-corrected chi connectivity index (χ1v) is 6.71. The smallest absolute Gasteiger partial charge is 0.243 e. The van der Waals surface area contributed by atoms with Crippen LogP contribution in [0.25, 0.3) is 0 Å². The Kier molecular flexibility index (Phi) is 4.95. The second-order valence-corrected chi connectivity index (χ2v) is 4.74. The predicted molar refractivity (Wildman–Crippen MR) is 74.4 cm³/mol. The van der Waals surface area contributed by atoms with Gasteiger partial charge in [0.1, 0.15) is 0 Å². The lowest BCUT2D eigenvalue weighted by molar-refractivity contribution is -0.136. The Balaban J connectivity index is 1.79. The molecule has 1 aliphatic heterocycles. The Labute approximate surface area is 117 Å². The van der Waals surface area contributed by atoms with E-state index in [1.807, 2.05) is 18.2 Å². The van der Waals surface area contributed by atoms with Gasteiger partial charge in [0, 0.05) is 44.7 Å². The van der Waals surface area contributed by atoms with Crippen LogP contribution in [-0.2, 0) is 9.59 Å². The fourth-order valence-corrected chi connectivity index (χ4v) is 2.29. The summed E-state index contributed by atoms with van der Waals surface area (Å²) in [5.41, 5.74) is 2.70. The van der Waals surface area contributed by atoms with Crippen LogP contribution in [-0.4, -0.2) is 48.1 Å². The van der Waals surface area contributed by atoms with Crippen LogP contribution < -0.4 is 10.4 Å². The fourth-order valence-electron chi connectivity index (χ4n) is 2.29. The van der Waals surface area contributed by atoms with Gasteiger partial charge in [-0.15, -0.1) is 0 Å². The van der Waals surface area contributed by atoms with Gasteiger partial charge in [-0.25, -0.2) is 5.48 Å². The van der Waals surface area contributed by atoms with Crippen molar-refractivity contribution in [2.45, 2.75) is 12.8 Å². The fraction of sp³-hybridized carbons (Fsp3) is 0.429. The van der Waals surface area contributed by atoms with Crippen LogP contribution in [0.1, 0.15) is 12.8 Å². The average Bonchev–Trinajstić information content (AvgIpc) is 2.53. The zero-order chi connectivity index (χ0) is 14.4. The molecule has 0 bridgehead atoms. The number of carbonyl (C=O) groups excluding carboxylic acids is 2. The summed E-state index contributed by atoms with van der Waals surface area (Å²) in [6.45, 7) is 2.91. The molecule has 0 radical (unpaired) electrons. The van der Waals surface area contributed by atoms with Gasteiger partial charge < -0.3 is 9.80 Å². The highest BCUT2D eigenvalue weighted by Crippen LogP contribution is 2.15. The van der Waals surface area contributed by atoms with Gasteiger partial charge in [0.2, 0.25) is 11.8 Å². The highest BCUT2D eigenvalue weighted by molar-refractivity contribution is 5.83. The Bertz CT molecular complexity index is 456. The molecule has 1 saturated heterocycles. The minimum absolute atomic E-state index is 0.0221. The van der Waals surface area contributed by atoms with Gasteiger partial charge in [0.05, 0.1) is 0 Å². The quantitative estimate of drug-likeness (QED) is 0.625. The van der Waals surface area contributed by atoms with E-state index in [0.717, 1.165) is 13.1 Å². The molecule has 0 saturated carbocycles. The van der Waals surface area contributed by atoms with Gasteiger partial charge >= 0.3 is 0 Å². The maximum absolute atomic E-state index is 11.9. The molecule has 2 rings (SSSR count). The summed E-state index contributed by atoms with van der Waals surface area (Å²) in [7, 11) is 0. The molecule has 0 unspecified atom stereocenters. The summed E-state index contributed by atoms with van der Waals surface area (Å²) in [5.74, 6) is -0.567. The molecule has 0 atom stereocenters. The first kappa shape index (κ1) is 14.3. The molecule has 1 heterocycles. The Hall–Kier alpha value is -2.08. The molecule has 1 aliphatic rings. The molecular formula is C14H19N3O3. The SMILES string of the molecule is O=C(CCC(=O)N1CCN(c2ccccc2)CC1)NO. The summed E-state index contributed by atoms with van der Waals surface area (Å²) in [4.78, 5) is 26.8. The van der Waals surface area contributed by atoms with Crippen LogP contribution in [0.4, 0.5) is 5.69 Å². The van der Waals surface area contributed by atoms with Gasteiger partial charge in [-0.2, -0.15) is 0 Å². The summed E-state index contributed by atoms with van der Waals surface area (Å²) >= 11 is 0. The van der Waals surface area contributed by atoms with Crippen LogP contribution >= 0.6 is 0 Å².